The molecular formula is C17H21ClN2. The van der Waals surface area contributed by atoms with Gasteiger partial charge in [0.2, 0.25) is 0 Å². The number of halogens is 1. The predicted octanol–water partition coefficient (Wildman–Crippen LogP) is 3.89. The van der Waals surface area contributed by atoms with E-state index in [0.29, 0.717) is 6.04 Å². The Labute approximate surface area is 126 Å². The molecule has 3 heteroatoms. The van der Waals surface area contributed by atoms with Crippen LogP contribution in [0, 0.1) is 0 Å². The highest BCUT2D eigenvalue weighted by Crippen LogP contribution is 2.18. The molecule has 20 heavy (non-hydrogen) atoms. The van der Waals surface area contributed by atoms with Crippen LogP contribution < -0.4 is 5.32 Å². The highest BCUT2D eigenvalue weighted by molar-refractivity contribution is 6.31. The Morgan fingerprint density at radius 1 is 1.20 bits per heavy atom. The van der Waals surface area contributed by atoms with E-state index in [1.807, 2.05) is 36.7 Å². The number of rotatable bonds is 7. The highest BCUT2D eigenvalue weighted by atomic mass is 35.5. The highest BCUT2D eigenvalue weighted by Gasteiger charge is 2.10. The van der Waals surface area contributed by atoms with Crippen LogP contribution in [0.2, 0.25) is 5.02 Å². The Balaban J connectivity index is 1.95. The molecule has 0 saturated heterocycles. The first-order chi connectivity index (χ1) is 9.79. The molecule has 1 aromatic carbocycles. The van der Waals surface area contributed by atoms with Gasteiger partial charge in [-0.15, -0.1) is 0 Å². The number of likely N-dealkylation sites (N-methyl/N-ethyl adjacent to an activating group) is 1. The van der Waals surface area contributed by atoms with E-state index >= 15 is 0 Å². The van der Waals surface area contributed by atoms with Crippen molar-refractivity contribution < 1.29 is 0 Å². The molecule has 0 radical (unpaired) electrons. The second kappa shape index (κ2) is 8.03. The van der Waals surface area contributed by atoms with E-state index in [4.69, 9.17) is 11.6 Å². The van der Waals surface area contributed by atoms with E-state index in [0.717, 1.165) is 30.8 Å². The topological polar surface area (TPSA) is 24.9 Å². The second-order valence-corrected chi connectivity index (χ2v) is 5.36. The fourth-order valence-electron chi connectivity index (χ4n) is 2.38. The number of pyridine rings is 1. The molecule has 0 aliphatic carbocycles. The fourth-order valence-corrected chi connectivity index (χ4v) is 2.59. The summed E-state index contributed by atoms with van der Waals surface area (Å²) in [5.41, 5.74) is 2.50. The van der Waals surface area contributed by atoms with Gasteiger partial charge < -0.3 is 5.32 Å². The summed E-state index contributed by atoms with van der Waals surface area (Å²) >= 11 is 6.25. The van der Waals surface area contributed by atoms with Crippen LogP contribution in [-0.4, -0.2) is 17.6 Å². The van der Waals surface area contributed by atoms with Gasteiger partial charge in [0.05, 0.1) is 0 Å². The summed E-state index contributed by atoms with van der Waals surface area (Å²) in [5, 5.41) is 4.41. The van der Waals surface area contributed by atoms with Crippen molar-refractivity contribution in [1.29, 1.82) is 0 Å². The SMILES string of the molecule is CCNC(CCc1cccnc1)Cc1ccccc1Cl. The summed E-state index contributed by atoms with van der Waals surface area (Å²) in [6.45, 7) is 3.12. The molecular weight excluding hydrogens is 268 g/mol. The van der Waals surface area contributed by atoms with Gasteiger partial charge in [-0.25, -0.2) is 0 Å². The molecule has 2 aromatic rings. The number of hydrogen-bond acceptors (Lipinski definition) is 2. The molecule has 1 N–H and O–H groups in total. The fraction of sp³-hybridized carbons (Fsp3) is 0.353. The van der Waals surface area contributed by atoms with Gasteiger partial charge in [-0.05, 0) is 49.1 Å². The van der Waals surface area contributed by atoms with E-state index in [2.05, 4.69) is 29.4 Å². The average Bonchev–Trinajstić information content (AvgIpc) is 2.48. The van der Waals surface area contributed by atoms with Crippen molar-refractivity contribution in [3.05, 3.63) is 64.9 Å². The minimum absolute atomic E-state index is 0.445. The van der Waals surface area contributed by atoms with Crippen molar-refractivity contribution in [3.8, 4) is 0 Å². The predicted molar refractivity (Wildman–Crippen MR) is 85.2 cm³/mol. The van der Waals surface area contributed by atoms with E-state index in [1.165, 1.54) is 11.1 Å². The third kappa shape index (κ3) is 4.62. The van der Waals surface area contributed by atoms with E-state index in [1.54, 1.807) is 0 Å². The lowest BCUT2D eigenvalue weighted by Gasteiger charge is -2.18. The maximum absolute atomic E-state index is 6.25. The number of benzene rings is 1. The Morgan fingerprint density at radius 2 is 2.05 bits per heavy atom. The zero-order valence-corrected chi connectivity index (χ0v) is 12.6. The number of nitrogens with one attached hydrogen (secondary N) is 1. The zero-order valence-electron chi connectivity index (χ0n) is 11.8. The molecule has 106 valence electrons. The smallest absolute Gasteiger partial charge is 0.0438 e. The van der Waals surface area contributed by atoms with Crippen molar-refractivity contribution in [2.24, 2.45) is 0 Å². The Morgan fingerprint density at radius 3 is 2.75 bits per heavy atom. The molecule has 0 aliphatic heterocycles. The van der Waals surface area contributed by atoms with Crippen LogP contribution in [0.3, 0.4) is 0 Å². The minimum atomic E-state index is 0.445. The summed E-state index contributed by atoms with van der Waals surface area (Å²) in [5.74, 6) is 0. The number of nitrogens with zero attached hydrogens (tertiary/aromatic N) is 1. The molecule has 0 bridgehead atoms. The summed E-state index contributed by atoms with van der Waals surface area (Å²) in [7, 11) is 0. The molecule has 1 aromatic heterocycles. The van der Waals surface area contributed by atoms with Gasteiger partial charge in [0.1, 0.15) is 0 Å². The van der Waals surface area contributed by atoms with Crippen LogP contribution in [0.25, 0.3) is 0 Å². The normalized spacial score (nSPS) is 12.3. The summed E-state index contributed by atoms with van der Waals surface area (Å²) < 4.78 is 0. The monoisotopic (exact) mass is 288 g/mol. The van der Waals surface area contributed by atoms with Gasteiger partial charge in [0, 0.05) is 23.5 Å². The van der Waals surface area contributed by atoms with Crippen molar-refractivity contribution >= 4 is 11.6 Å². The minimum Gasteiger partial charge on any atom is -0.314 e. The lowest BCUT2D eigenvalue weighted by molar-refractivity contribution is 0.491. The molecule has 1 atom stereocenters. The Hall–Kier alpha value is -1.38. The van der Waals surface area contributed by atoms with Gasteiger partial charge >= 0.3 is 0 Å². The summed E-state index contributed by atoms with van der Waals surface area (Å²) in [6, 6.07) is 12.7. The summed E-state index contributed by atoms with van der Waals surface area (Å²) in [4.78, 5) is 4.17. The van der Waals surface area contributed by atoms with E-state index < -0.39 is 0 Å². The first-order valence-electron chi connectivity index (χ1n) is 7.15. The van der Waals surface area contributed by atoms with Gasteiger partial charge in [0.15, 0.2) is 0 Å². The zero-order chi connectivity index (χ0) is 14.2. The lowest BCUT2D eigenvalue weighted by Crippen LogP contribution is -2.31. The van der Waals surface area contributed by atoms with Crippen molar-refractivity contribution in [2.45, 2.75) is 32.2 Å². The number of hydrogen-bond donors (Lipinski definition) is 1. The van der Waals surface area contributed by atoms with Crippen molar-refractivity contribution in [3.63, 3.8) is 0 Å². The maximum Gasteiger partial charge on any atom is 0.0438 e. The third-order valence-electron chi connectivity index (χ3n) is 3.42. The Bertz CT molecular complexity index is 513. The molecule has 0 amide bonds. The number of aromatic nitrogens is 1. The number of aryl methyl sites for hydroxylation is 1. The molecule has 0 aliphatic rings. The molecule has 2 rings (SSSR count). The molecule has 1 unspecified atom stereocenters. The van der Waals surface area contributed by atoms with Crippen LogP contribution in [0.4, 0.5) is 0 Å². The van der Waals surface area contributed by atoms with E-state index in [9.17, 15) is 0 Å². The average molecular weight is 289 g/mol. The van der Waals surface area contributed by atoms with Gasteiger partial charge in [0.25, 0.3) is 0 Å². The third-order valence-corrected chi connectivity index (χ3v) is 3.79. The van der Waals surface area contributed by atoms with Crippen LogP contribution in [0.5, 0.6) is 0 Å². The Kier molecular flexibility index (Phi) is 6.03. The molecule has 0 fully saturated rings. The molecule has 1 heterocycles. The second-order valence-electron chi connectivity index (χ2n) is 4.95. The molecule has 2 nitrogen and oxygen atoms in total. The quantitative estimate of drug-likeness (QED) is 0.836. The molecule has 0 saturated carbocycles. The lowest BCUT2D eigenvalue weighted by atomic mass is 9.99. The van der Waals surface area contributed by atoms with Crippen LogP contribution in [0.15, 0.2) is 48.8 Å². The summed E-state index contributed by atoms with van der Waals surface area (Å²) in [6.07, 6.45) is 6.85. The van der Waals surface area contributed by atoms with Gasteiger partial charge in [-0.2, -0.15) is 0 Å². The standard InChI is InChI=1S/C17H21ClN2/c1-2-20-16(10-9-14-6-5-11-19-13-14)12-15-7-3-4-8-17(15)18/h3-8,11,13,16,20H,2,9-10,12H2,1H3. The van der Waals surface area contributed by atoms with Crippen LogP contribution in [-0.2, 0) is 12.8 Å². The van der Waals surface area contributed by atoms with Crippen LogP contribution >= 0.6 is 11.6 Å². The molecule has 0 spiro atoms. The van der Waals surface area contributed by atoms with Crippen LogP contribution in [0.1, 0.15) is 24.5 Å². The van der Waals surface area contributed by atoms with Crippen molar-refractivity contribution in [2.75, 3.05) is 6.54 Å². The van der Waals surface area contributed by atoms with Crippen molar-refractivity contribution in [1.82, 2.24) is 10.3 Å². The first kappa shape index (κ1) is 15.0. The van der Waals surface area contributed by atoms with Gasteiger partial charge in [-0.3, -0.25) is 4.98 Å². The first-order valence-corrected chi connectivity index (χ1v) is 7.53. The maximum atomic E-state index is 6.25. The van der Waals surface area contributed by atoms with E-state index in [-0.39, 0.29) is 0 Å². The largest absolute Gasteiger partial charge is 0.314 e. The van der Waals surface area contributed by atoms with Gasteiger partial charge in [-0.1, -0.05) is 42.8 Å².